The molecule has 0 saturated carbocycles. The number of halogens is 5. The zero-order valence-electron chi connectivity index (χ0n) is 12.4. The van der Waals surface area contributed by atoms with Gasteiger partial charge in [0.25, 0.3) is 0 Å². The fraction of sp³-hybridized carbons (Fsp3) is 0.571. The van der Waals surface area contributed by atoms with Crippen LogP contribution in [0.25, 0.3) is 0 Å². The van der Waals surface area contributed by atoms with Crippen molar-refractivity contribution in [3.63, 3.8) is 0 Å². The van der Waals surface area contributed by atoms with Gasteiger partial charge in [-0.15, -0.1) is 24.8 Å². The zero-order chi connectivity index (χ0) is 14.9. The van der Waals surface area contributed by atoms with Gasteiger partial charge in [-0.25, -0.2) is 0 Å². The van der Waals surface area contributed by atoms with Crippen molar-refractivity contribution in [3.05, 3.63) is 28.8 Å². The first-order valence-electron chi connectivity index (χ1n) is 6.62. The van der Waals surface area contributed by atoms with Crippen LogP contribution in [-0.4, -0.2) is 42.4 Å². The van der Waals surface area contributed by atoms with E-state index in [-0.39, 0.29) is 36.1 Å². The van der Waals surface area contributed by atoms with Gasteiger partial charge in [0.1, 0.15) is 11.8 Å². The minimum absolute atomic E-state index is 0. The van der Waals surface area contributed by atoms with Gasteiger partial charge in [-0.1, -0.05) is 0 Å². The molecule has 0 aliphatic carbocycles. The van der Waals surface area contributed by atoms with E-state index in [0.29, 0.717) is 37.3 Å². The van der Waals surface area contributed by atoms with Crippen molar-refractivity contribution in [1.29, 1.82) is 0 Å². The van der Waals surface area contributed by atoms with E-state index in [2.05, 4.69) is 5.32 Å². The van der Waals surface area contributed by atoms with Gasteiger partial charge in [-0.05, 0) is 42.7 Å². The Bertz CT molecular complexity index is 468. The van der Waals surface area contributed by atoms with Crippen molar-refractivity contribution in [1.82, 2.24) is 10.2 Å². The number of piperazine rings is 1. The fourth-order valence-electron chi connectivity index (χ4n) is 2.88. The number of nitrogens with zero attached hydrogens (tertiary/aromatic N) is 1. The lowest BCUT2D eigenvalue weighted by molar-refractivity contribution is -0.188. The molecule has 1 atom stereocenters. The predicted octanol–water partition coefficient (Wildman–Crippen LogP) is 3.36. The van der Waals surface area contributed by atoms with E-state index in [0.717, 1.165) is 0 Å². The number of hydrogen-bond acceptors (Lipinski definition) is 3. The molecule has 1 saturated heterocycles. The third-order valence-corrected chi connectivity index (χ3v) is 3.68. The molecule has 0 radical (unpaired) electrons. The van der Waals surface area contributed by atoms with E-state index in [4.69, 9.17) is 0 Å². The number of nitrogens with one attached hydrogen (secondary N) is 1. The van der Waals surface area contributed by atoms with E-state index in [1.807, 2.05) is 0 Å². The minimum atomic E-state index is -4.33. The summed E-state index contributed by atoms with van der Waals surface area (Å²) in [6.07, 6.45) is -4.33. The SMILES string of the molecule is Cc1cc(O)cc(C)c1[C@H](N1CCNCC1)C(F)(F)F.Cl.Cl. The van der Waals surface area contributed by atoms with Crippen LogP contribution in [0.4, 0.5) is 13.2 Å². The van der Waals surface area contributed by atoms with Crippen molar-refractivity contribution in [2.45, 2.75) is 26.1 Å². The maximum Gasteiger partial charge on any atom is 0.408 e. The molecule has 2 N–H and O–H groups in total. The molecule has 1 aliphatic heterocycles. The first kappa shape index (κ1) is 21.3. The molecule has 22 heavy (non-hydrogen) atoms. The van der Waals surface area contributed by atoms with Crippen LogP contribution in [0.15, 0.2) is 12.1 Å². The first-order valence-corrected chi connectivity index (χ1v) is 6.62. The number of benzene rings is 1. The molecule has 2 rings (SSSR count). The quantitative estimate of drug-likeness (QED) is 0.848. The number of alkyl halides is 3. The summed E-state index contributed by atoms with van der Waals surface area (Å²) in [5, 5.41) is 12.6. The molecule has 1 aromatic carbocycles. The standard InChI is InChI=1S/C14H19F3N2O.2ClH/c1-9-7-11(20)8-10(2)12(9)13(14(15,16)17)19-5-3-18-4-6-19;;/h7-8,13,18,20H,3-6H2,1-2H3;2*1H/t13-;;/m0../s1. The number of phenols is 1. The number of hydrogen-bond donors (Lipinski definition) is 2. The molecule has 8 heteroatoms. The van der Waals surface area contributed by atoms with Gasteiger partial charge < -0.3 is 10.4 Å². The van der Waals surface area contributed by atoms with Crippen LogP contribution < -0.4 is 5.32 Å². The number of phenolic OH excluding ortho intramolecular Hbond substituents is 1. The Morgan fingerprint density at radius 1 is 1.09 bits per heavy atom. The molecule has 1 aliphatic rings. The van der Waals surface area contributed by atoms with Gasteiger partial charge in [0.05, 0.1) is 0 Å². The number of rotatable bonds is 2. The predicted molar refractivity (Wildman–Crippen MR) is 85.3 cm³/mol. The average molecular weight is 361 g/mol. The molecule has 0 aromatic heterocycles. The molecule has 3 nitrogen and oxygen atoms in total. The van der Waals surface area contributed by atoms with Gasteiger partial charge in [-0.2, -0.15) is 13.2 Å². The first-order chi connectivity index (χ1) is 9.30. The number of aryl methyl sites for hydroxylation is 2. The van der Waals surface area contributed by atoms with Crippen LogP contribution in [0, 0.1) is 13.8 Å². The summed E-state index contributed by atoms with van der Waals surface area (Å²) in [6, 6.07) is 1.18. The molecule has 1 fully saturated rings. The molecule has 0 bridgehead atoms. The lowest BCUT2D eigenvalue weighted by atomic mass is 9.93. The van der Waals surface area contributed by atoms with E-state index < -0.39 is 12.2 Å². The summed E-state index contributed by atoms with van der Waals surface area (Å²) in [7, 11) is 0. The van der Waals surface area contributed by atoms with E-state index in [9.17, 15) is 18.3 Å². The molecular formula is C14H21Cl2F3N2O. The van der Waals surface area contributed by atoms with Crippen LogP contribution in [0.3, 0.4) is 0 Å². The highest BCUT2D eigenvalue weighted by Gasteiger charge is 2.46. The molecular weight excluding hydrogens is 340 g/mol. The summed E-state index contributed by atoms with van der Waals surface area (Å²) in [5.41, 5.74) is 1.21. The summed E-state index contributed by atoms with van der Waals surface area (Å²) >= 11 is 0. The molecule has 0 amide bonds. The van der Waals surface area contributed by atoms with Crippen molar-refractivity contribution >= 4 is 24.8 Å². The summed E-state index contributed by atoms with van der Waals surface area (Å²) < 4.78 is 40.6. The highest BCUT2D eigenvalue weighted by atomic mass is 35.5. The summed E-state index contributed by atoms with van der Waals surface area (Å²) in [4.78, 5) is 1.46. The van der Waals surface area contributed by atoms with E-state index in [1.165, 1.54) is 17.0 Å². The molecule has 1 aromatic rings. The topological polar surface area (TPSA) is 35.5 Å². The van der Waals surface area contributed by atoms with Crippen molar-refractivity contribution in [2.24, 2.45) is 0 Å². The van der Waals surface area contributed by atoms with Crippen molar-refractivity contribution < 1.29 is 18.3 Å². The van der Waals surface area contributed by atoms with Crippen molar-refractivity contribution in [3.8, 4) is 5.75 Å². The van der Waals surface area contributed by atoms with Crippen LogP contribution in [0.5, 0.6) is 5.75 Å². The van der Waals surface area contributed by atoms with Gasteiger partial charge >= 0.3 is 6.18 Å². The molecule has 1 heterocycles. The lowest BCUT2D eigenvalue weighted by Crippen LogP contribution is -2.49. The average Bonchev–Trinajstić information content (AvgIpc) is 2.33. The Labute approximate surface area is 140 Å². The maximum atomic E-state index is 13.5. The summed E-state index contributed by atoms with van der Waals surface area (Å²) in [6.45, 7) is 5.07. The minimum Gasteiger partial charge on any atom is -0.508 e. The van der Waals surface area contributed by atoms with Crippen LogP contribution >= 0.6 is 24.8 Å². The zero-order valence-corrected chi connectivity index (χ0v) is 14.0. The normalized spacial score (nSPS) is 17.3. The van der Waals surface area contributed by atoms with Crippen LogP contribution in [0.2, 0.25) is 0 Å². The van der Waals surface area contributed by atoms with Gasteiger partial charge in [0.2, 0.25) is 0 Å². The van der Waals surface area contributed by atoms with Gasteiger partial charge in [0, 0.05) is 26.2 Å². The summed E-state index contributed by atoms with van der Waals surface area (Å²) in [5.74, 6) is 0.00462. The Morgan fingerprint density at radius 2 is 1.55 bits per heavy atom. The Morgan fingerprint density at radius 3 is 1.95 bits per heavy atom. The second kappa shape index (κ2) is 8.24. The Hall–Kier alpha value is -0.690. The monoisotopic (exact) mass is 360 g/mol. The second-order valence-electron chi connectivity index (χ2n) is 5.22. The van der Waals surface area contributed by atoms with E-state index >= 15 is 0 Å². The largest absolute Gasteiger partial charge is 0.508 e. The van der Waals surface area contributed by atoms with Crippen LogP contribution in [-0.2, 0) is 0 Å². The van der Waals surface area contributed by atoms with E-state index in [1.54, 1.807) is 13.8 Å². The van der Waals surface area contributed by atoms with Crippen LogP contribution in [0.1, 0.15) is 22.7 Å². The third-order valence-electron chi connectivity index (χ3n) is 3.68. The fourth-order valence-corrected chi connectivity index (χ4v) is 2.88. The Kier molecular flexibility index (Phi) is 7.98. The number of aromatic hydroxyl groups is 1. The molecule has 128 valence electrons. The second-order valence-corrected chi connectivity index (χ2v) is 5.22. The molecule has 0 spiro atoms. The van der Waals surface area contributed by atoms with Gasteiger partial charge in [-0.3, -0.25) is 4.90 Å². The highest BCUT2D eigenvalue weighted by molar-refractivity contribution is 5.85. The third kappa shape index (κ3) is 4.65. The molecule has 0 unspecified atom stereocenters. The smallest absolute Gasteiger partial charge is 0.408 e. The van der Waals surface area contributed by atoms with Crippen molar-refractivity contribution in [2.75, 3.05) is 26.2 Å². The maximum absolute atomic E-state index is 13.5. The lowest BCUT2D eigenvalue weighted by Gasteiger charge is -2.37. The Balaban J connectivity index is 0.00000220. The highest BCUT2D eigenvalue weighted by Crippen LogP contribution is 2.41. The van der Waals surface area contributed by atoms with Gasteiger partial charge in [0.15, 0.2) is 0 Å².